The molecular weight excluding hydrogens is 218 g/mol. The number of hydrogen-bond donors (Lipinski definition) is 1. The minimum Gasteiger partial charge on any atom is -0.494 e. The molecule has 0 heterocycles. The predicted molar refractivity (Wildman–Crippen MR) is 66.1 cm³/mol. The van der Waals surface area contributed by atoms with Crippen molar-refractivity contribution in [2.45, 2.75) is 32.8 Å². The van der Waals surface area contributed by atoms with Crippen molar-refractivity contribution >= 4 is 5.91 Å². The third kappa shape index (κ3) is 4.34. The average molecular weight is 237 g/mol. The van der Waals surface area contributed by atoms with E-state index in [-0.39, 0.29) is 0 Å². The van der Waals surface area contributed by atoms with Crippen LogP contribution in [0.2, 0.25) is 0 Å². The lowest BCUT2D eigenvalue weighted by Gasteiger charge is -2.14. The Kier molecular flexibility index (Phi) is 5.33. The Morgan fingerprint density at radius 2 is 1.82 bits per heavy atom. The van der Waals surface area contributed by atoms with E-state index in [1.807, 2.05) is 19.1 Å². The summed E-state index contributed by atoms with van der Waals surface area (Å²) in [6.45, 7) is 4.60. The largest absolute Gasteiger partial charge is 0.494 e. The van der Waals surface area contributed by atoms with Crippen LogP contribution < -0.4 is 15.2 Å². The predicted octanol–water partition coefficient (Wildman–Crippen LogP) is 2.12. The van der Waals surface area contributed by atoms with Crippen LogP contribution in [0.3, 0.4) is 0 Å². The van der Waals surface area contributed by atoms with Crippen LogP contribution in [0.1, 0.15) is 26.7 Å². The molecule has 1 unspecified atom stereocenters. The maximum absolute atomic E-state index is 11.0. The molecule has 0 fully saturated rings. The fourth-order valence-electron chi connectivity index (χ4n) is 1.34. The van der Waals surface area contributed by atoms with Crippen molar-refractivity contribution < 1.29 is 14.3 Å². The first-order valence-corrected chi connectivity index (χ1v) is 5.86. The van der Waals surface area contributed by atoms with Crippen LogP contribution in [0.15, 0.2) is 24.3 Å². The molecule has 0 aliphatic rings. The van der Waals surface area contributed by atoms with Gasteiger partial charge < -0.3 is 15.2 Å². The molecule has 0 aromatic heterocycles. The van der Waals surface area contributed by atoms with Crippen molar-refractivity contribution in [1.82, 2.24) is 0 Å². The maximum Gasteiger partial charge on any atom is 0.258 e. The molecule has 17 heavy (non-hydrogen) atoms. The van der Waals surface area contributed by atoms with Gasteiger partial charge in [-0.2, -0.15) is 0 Å². The Morgan fingerprint density at radius 3 is 2.29 bits per heavy atom. The Bertz CT molecular complexity index is 348. The fourth-order valence-corrected chi connectivity index (χ4v) is 1.34. The summed E-state index contributed by atoms with van der Waals surface area (Å²) in [7, 11) is 0. The number of carbonyl (C=O) groups is 1. The smallest absolute Gasteiger partial charge is 0.258 e. The molecule has 0 saturated carbocycles. The molecular formula is C13H19NO3. The van der Waals surface area contributed by atoms with E-state index in [0.29, 0.717) is 18.8 Å². The van der Waals surface area contributed by atoms with E-state index in [0.717, 1.165) is 12.2 Å². The number of rotatable bonds is 7. The summed E-state index contributed by atoms with van der Waals surface area (Å²) in [6, 6.07) is 7.19. The first-order chi connectivity index (χ1) is 8.17. The molecule has 1 rings (SSSR count). The average Bonchev–Trinajstić information content (AvgIpc) is 2.34. The van der Waals surface area contributed by atoms with Crippen LogP contribution in [-0.4, -0.2) is 18.6 Å². The van der Waals surface area contributed by atoms with Gasteiger partial charge in [0.25, 0.3) is 5.91 Å². The number of hydrogen-bond acceptors (Lipinski definition) is 3. The molecule has 1 atom stereocenters. The highest BCUT2D eigenvalue weighted by molar-refractivity contribution is 5.79. The van der Waals surface area contributed by atoms with Gasteiger partial charge in [-0.3, -0.25) is 4.79 Å². The second-order valence-corrected chi connectivity index (χ2v) is 3.74. The molecule has 4 nitrogen and oxygen atoms in total. The van der Waals surface area contributed by atoms with Gasteiger partial charge in [0, 0.05) is 0 Å². The SMILES string of the molecule is CCCOc1ccc(OC(CC)C(N)=O)cc1. The van der Waals surface area contributed by atoms with Crippen molar-refractivity contribution in [2.75, 3.05) is 6.61 Å². The molecule has 1 aromatic rings. The summed E-state index contributed by atoms with van der Waals surface area (Å²) in [5.74, 6) is 0.977. The van der Waals surface area contributed by atoms with E-state index < -0.39 is 12.0 Å². The third-order valence-electron chi connectivity index (χ3n) is 2.26. The fraction of sp³-hybridized carbons (Fsp3) is 0.462. The first kappa shape index (κ1) is 13.4. The van der Waals surface area contributed by atoms with Crippen LogP contribution in [-0.2, 0) is 4.79 Å². The van der Waals surface area contributed by atoms with E-state index in [9.17, 15) is 4.79 Å². The van der Waals surface area contributed by atoms with Gasteiger partial charge in [0.15, 0.2) is 6.10 Å². The highest BCUT2D eigenvalue weighted by atomic mass is 16.5. The van der Waals surface area contributed by atoms with Crippen LogP contribution in [0.25, 0.3) is 0 Å². The number of nitrogens with two attached hydrogens (primary N) is 1. The van der Waals surface area contributed by atoms with Crippen molar-refractivity contribution in [2.24, 2.45) is 5.73 Å². The van der Waals surface area contributed by atoms with E-state index >= 15 is 0 Å². The van der Waals surface area contributed by atoms with Crippen molar-refractivity contribution in [1.29, 1.82) is 0 Å². The molecule has 0 bridgehead atoms. The zero-order chi connectivity index (χ0) is 12.7. The summed E-state index contributed by atoms with van der Waals surface area (Å²) in [4.78, 5) is 11.0. The number of primary amides is 1. The van der Waals surface area contributed by atoms with Crippen LogP contribution in [0, 0.1) is 0 Å². The standard InChI is InChI=1S/C13H19NO3/c1-3-9-16-10-5-7-11(8-6-10)17-12(4-2)13(14)15/h5-8,12H,3-4,9H2,1-2H3,(H2,14,15). The highest BCUT2D eigenvalue weighted by Crippen LogP contribution is 2.19. The monoisotopic (exact) mass is 237 g/mol. The van der Waals surface area contributed by atoms with Gasteiger partial charge in [-0.1, -0.05) is 13.8 Å². The summed E-state index contributed by atoms with van der Waals surface area (Å²) in [6.07, 6.45) is 0.957. The zero-order valence-corrected chi connectivity index (χ0v) is 10.3. The first-order valence-electron chi connectivity index (χ1n) is 5.86. The van der Waals surface area contributed by atoms with Gasteiger partial charge in [0.2, 0.25) is 0 Å². The number of amides is 1. The maximum atomic E-state index is 11.0. The van der Waals surface area contributed by atoms with Crippen LogP contribution in [0.5, 0.6) is 11.5 Å². The quantitative estimate of drug-likeness (QED) is 0.790. The second-order valence-electron chi connectivity index (χ2n) is 3.74. The summed E-state index contributed by atoms with van der Waals surface area (Å²) < 4.78 is 10.9. The zero-order valence-electron chi connectivity index (χ0n) is 10.3. The Labute approximate surface area is 102 Å². The molecule has 0 aliphatic carbocycles. The molecule has 1 aromatic carbocycles. The molecule has 0 saturated heterocycles. The van der Waals surface area contributed by atoms with Crippen molar-refractivity contribution in [3.63, 3.8) is 0 Å². The lowest BCUT2D eigenvalue weighted by Crippen LogP contribution is -2.32. The van der Waals surface area contributed by atoms with Crippen LogP contribution >= 0.6 is 0 Å². The second kappa shape index (κ2) is 6.78. The van der Waals surface area contributed by atoms with E-state index in [4.69, 9.17) is 15.2 Å². The van der Waals surface area contributed by atoms with Gasteiger partial charge in [0.1, 0.15) is 11.5 Å². The lowest BCUT2D eigenvalue weighted by molar-refractivity contribution is -0.124. The molecule has 0 spiro atoms. The van der Waals surface area contributed by atoms with Gasteiger partial charge >= 0.3 is 0 Å². The third-order valence-corrected chi connectivity index (χ3v) is 2.26. The lowest BCUT2D eigenvalue weighted by atomic mass is 10.2. The molecule has 0 aliphatic heterocycles. The number of carbonyl (C=O) groups excluding carboxylic acids is 1. The molecule has 1 amide bonds. The van der Waals surface area contributed by atoms with E-state index in [1.165, 1.54) is 0 Å². The van der Waals surface area contributed by atoms with Crippen LogP contribution in [0.4, 0.5) is 0 Å². The van der Waals surface area contributed by atoms with Gasteiger partial charge in [-0.05, 0) is 37.1 Å². The Hall–Kier alpha value is -1.71. The minimum atomic E-state index is -0.572. The van der Waals surface area contributed by atoms with Crippen molar-refractivity contribution in [3.05, 3.63) is 24.3 Å². The molecule has 4 heteroatoms. The molecule has 2 N–H and O–H groups in total. The number of benzene rings is 1. The van der Waals surface area contributed by atoms with Gasteiger partial charge in [-0.25, -0.2) is 0 Å². The Balaban J connectivity index is 2.58. The highest BCUT2D eigenvalue weighted by Gasteiger charge is 2.14. The summed E-state index contributed by atoms with van der Waals surface area (Å²) in [5, 5.41) is 0. The van der Waals surface area contributed by atoms with Crippen molar-refractivity contribution in [3.8, 4) is 11.5 Å². The minimum absolute atomic E-state index is 0.446. The van der Waals surface area contributed by atoms with E-state index in [1.54, 1.807) is 12.1 Å². The summed E-state index contributed by atoms with van der Waals surface area (Å²) >= 11 is 0. The normalized spacial score (nSPS) is 11.9. The number of ether oxygens (including phenoxy) is 2. The summed E-state index contributed by atoms with van der Waals surface area (Å²) in [5.41, 5.74) is 5.20. The van der Waals surface area contributed by atoms with Gasteiger partial charge in [-0.15, -0.1) is 0 Å². The molecule has 0 radical (unpaired) electrons. The van der Waals surface area contributed by atoms with Gasteiger partial charge in [0.05, 0.1) is 6.61 Å². The molecule has 94 valence electrons. The van der Waals surface area contributed by atoms with E-state index in [2.05, 4.69) is 6.92 Å². The topological polar surface area (TPSA) is 61.6 Å². The Morgan fingerprint density at radius 1 is 1.24 bits per heavy atom.